The van der Waals surface area contributed by atoms with Gasteiger partial charge in [-0.3, -0.25) is 0 Å². The molecule has 34 heteroatoms. The number of aliphatic carboxylic acids is 2. The molecule has 0 radical (unpaired) electrons. The van der Waals surface area contributed by atoms with Gasteiger partial charge >= 0.3 is 84.3 Å². The van der Waals surface area contributed by atoms with E-state index < -0.39 is 18.4 Å². The van der Waals surface area contributed by atoms with Crippen LogP contribution in [-0.2, 0) is 93.9 Å². The first kappa shape index (κ1) is 113. The second-order valence-corrected chi connectivity index (χ2v) is 24.4. The van der Waals surface area contributed by atoms with Gasteiger partial charge in [0.15, 0.2) is 0 Å². The number of hydrogen-bond acceptors (Lipinski definition) is 22. The molecular weight excluding hydrogens is 2010 g/mol. The van der Waals surface area contributed by atoms with Crippen molar-refractivity contribution in [1.82, 2.24) is 0 Å². The van der Waals surface area contributed by atoms with E-state index in [4.69, 9.17) is 80.0 Å². The van der Waals surface area contributed by atoms with E-state index in [1.807, 2.05) is 291 Å². The molecule has 0 unspecified atom stereocenters. The zero-order valence-electron chi connectivity index (χ0n) is 71.9. The maximum absolute atomic E-state index is 9.28. The van der Waals surface area contributed by atoms with E-state index in [9.17, 15) is 19.8 Å². The topological polar surface area (TPSA) is 350 Å². The average Bonchev–Trinajstić information content (AvgIpc) is 0.889. The number of carbonyl (C=O) groups excluding carboxylic acids is 2. The Balaban J connectivity index is 0.000000747. The zero-order chi connectivity index (χ0) is 89.6. The van der Waals surface area contributed by atoms with Gasteiger partial charge in [-0.25, -0.2) is 0 Å². The molecule has 0 atom stereocenters. The van der Waals surface area contributed by atoms with Gasteiger partial charge in [-0.1, -0.05) is 184 Å². The van der Waals surface area contributed by atoms with Crippen LogP contribution in [0.1, 0.15) is 6.42 Å². The third-order valence-corrected chi connectivity index (χ3v) is 15.6. The van der Waals surface area contributed by atoms with Crippen LogP contribution >= 0.6 is 23.2 Å². The molecule has 28 nitrogen and oxygen atoms in total. The third-order valence-electron chi connectivity index (χ3n) is 15.6. The number of aliphatic imine (C=N–C) groups is 6. The normalized spacial score (nSPS) is 9.86. The molecule has 12 aromatic rings. The van der Waals surface area contributed by atoms with E-state index >= 15 is 0 Å². The number of halogens is 2. The fourth-order valence-electron chi connectivity index (χ4n) is 9.11. The summed E-state index contributed by atoms with van der Waals surface area (Å²) in [7, 11) is 19.6. The number of methoxy groups -OCH3 is 12. The molecule has 128 heavy (non-hydrogen) atoms. The van der Waals surface area contributed by atoms with Crippen molar-refractivity contribution in [3.63, 3.8) is 0 Å². The summed E-state index contributed by atoms with van der Waals surface area (Å²) < 4.78 is 60.9. The molecule has 0 saturated carbocycles. The molecule has 0 aliphatic heterocycles. The molecule has 0 aliphatic carbocycles. The maximum Gasteiger partial charge on any atom is 2.00 e. The Labute approximate surface area is 814 Å². The minimum atomic E-state index is -1.63. The van der Waals surface area contributed by atoms with Gasteiger partial charge in [0, 0.05) is 18.4 Å². The molecule has 12 aromatic carbocycles. The number of ether oxygens (including phenoxy) is 12. The number of hydrogen-bond donors (Lipinski definition) is 0. The molecule has 0 spiro atoms. The van der Waals surface area contributed by atoms with Crippen LogP contribution in [0.2, 0.25) is 0 Å². The van der Waals surface area contributed by atoms with E-state index in [0.717, 1.165) is 137 Å². The quantitative estimate of drug-likeness (QED) is 0.0124. The molecule has 0 amide bonds. The van der Waals surface area contributed by atoms with E-state index in [1.54, 1.807) is 85.3 Å². The van der Waals surface area contributed by atoms with E-state index in [2.05, 4.69) is 61.9 Å². The summed E-state index contributed by atoms with van der Waals surface area (Å²) in [6.07, 6.45) is 8.16. The minimum absolute atomic E-state index is 0. The first-order chi connectivity index (χ1) is 60.4. The molecule has 0 bridgehead atoms. The Morgan fingerprint density at radius 3 is 0.391 bits per heavy atom. The summed E-state index contributed by atoms with van der Waals surface area (Å²) in [6, 6.07) is 89.6. The molecule has 0 saturated heterocycles. The Bertz CT molecular complexity index is 4300. The summed E-state index contributed by atoms with van der Waals surface area (Å²) in [5.41, 5.74) is 9.98. The molecular formula is C94H94Cl2Mo4N12O16. The smallest absolute Gasteiger partial charge is 0.550 e. The van der Waals surface area contributed by atoms with Crippen LogP contribution in [0, 0.1) is 0 Å². The van der Waals surface area contributed by atoms with Crippen molar-refractivity contribution in [2.24, 2.45) is 30.0 Å². The standard InChI is InChI=1S/6C15H15N2O2.C3H4O4.CH2Cl2.4Mo/c6*1-18-14-7-3-12(4-8-14)16-11-17-13-5-9-15(19-2)10-6-13;4-2(5)1-3(6)7;2-1-3;;;;/h6*3-11H,1-2H3;1H2,(H,4,5)(H,6,7);1H2;;;;/q6*-1;;;4*+2/p-2. The number of alkyl halides is 2. The van der Waals surface area contributed by atoms with E-state index in [1.165, 1.54) is 38.0 Å². The minimum Gasteiger partial charge on any atom is -0.550 e. The summed E-state index contributed by atoms with van der Waals surface area (Å²) in [6.45, 7) is 0. The van der Waals surface area contributed by atoms with Crippen molar-refractivity contribution >= 4 is 141 Å². The van der Waals surface area contributed by atoms with Crippen molar-refractivity contribution in [3.8, 4) is 69.0 Å². The van der Waals surface area contributed by atoms with Gasteiger partial charge in [0.2, 0.25) is 0 Å². The molecule has 0 heterocycles. The van der Waals surface area contributed by atoms with Crippen LogP contribution in [0.3, 0.4) is 0 Å². The zero-order valence-corrected chi connectivity index (χ0v) is 81.4. The van der Waals surface area contributed by atoms with Gasteiger partial charge in [0.05, 0.1) is 90.7 Å². The Morgan fingerprint density at radius 1 is 0.219 bits per heavy atom. The van der Waals surface area contributed by atoms with Gasteiger partial charge in [-0.05, 0) is 214 Å². The van der Waals surface area contributed by atoms with Gasteiger partial charge < -0.3 is 138 Å². The summed E-state index contributed by atoms with van der Waals surface area (Å²) in [5, 5.41) is 44.2. The van der Waals surface area contributed by atoms with Gasteiger partial charge in [0.1, 0.15) is 69.0 Å². The van der Waals surface area contributed by atoms with Crippen molar-refractivity contribution in [3.05, 3.63) is 323 Å². The van der Waals surface area contributed by atoms with Crippen molar-refractivity contribution in [2.75, 3.05) is 90.7 Å². The number of rotatable bonds is 32. The van der Waals surface area contributed by atoms with Crippen LogP contribution < -0.4 is 67.1 Å². The van der Waals surface area contributed by atoms with Crippen molar-refractivity contribution < 1.29 is 161 Å². The average molecular weight is 2100 g/mol. The van der Waals surface area contributed by atoms with Gasteiger partial charge in [-0.15, -0.1) is 23.2 Å². The van der Waals surface area contributed by atoms with E-state index in [-0.39, 0.29) is 89.6 Å². The van der Waals surface area contributed by atoms with Crippen LogP contribution in [0.15, 0.2) is 321 Å². The SMILES string of the molecule is COc1ccc(N=C[N-]c2ccc(OC)cc2)cc1.COc1ccc(N=C[N-]c2ccc(OC)cc2)cc1.COc1ccc(N=C[N-]c2ccc(OC)cc2)cc1.COc1ccc(N=C[N-]c2ccc(OC)cc2)cc1.COc1ccc(N=C[N-]c2ccc(OC)cc2)cc1.COc1ccc(N=C[N-]c2ccc(OC)cc2)cc1.ClCCl.O=C([O-])CC(=O)[O-].[Mo+2].[Mo+2].[Mo+2].[Mo+2]. The molecule has 12 rings (SSSR count). The van der Waals surface area contributed by atoms with Crippen molar-refractivity contribution in [2.45, 2.75) is 6.42 Å². The number of nitrogens with zero attached hydrogens (tertiary/aromatic N) is 12. The molecule has 0 aromatic heterocycles. The fourth-order valence-corrected chi connectivity index (χ4v) is 9.11. The molecule has 664 valence electrons. The Morgan fingerprint density at radius 2 is 0.312 bits per heavy atom. The summed E-state index contributed by atoms with van der Waals surface area (Å²) in [4.78, 5) is 44.0. The Kier molecular flexibility index (Phi) is 61.6. The fraction of sp³-hybridized carbons (Fsp3) is 0.149. The second kappa shape index (κ2) is 69.5. The van der Waals surface area contributed by atoms with Crippen molar-refractivity contribution in [1.29, 1.82) is 0 Å². The number of carbonyl (C=O) groups is 2. The summed E-state index contributed by atoms with van der Waals surface area (Å²) >= 11 is 9.53. The van der Waals surface area contributed by atoms with E-state index in [0.29, 0.717) is 0 Å². The maximum atomic E-state index is 9.28. The largest absolute Gasteiger partial charge is 2.00 e. The van der Waals surface area contributed by atoms with Crippen LogP contribution in [0.4, 0.5) is 68.2 Å². The monoisotopic (exact) mass is 2110 g/mol. The molecule has 0 N–H and O–H groups in total. The van der Waals surface area contributed by atoms with Crippen LogP contribution in [-0.4, -0.2) is 141 Å². The van der Waals surface area contributed by atoms with Crippen LogP contribution in [0.25, 0.3) is 31.9 Å². The third kappa shape index (κ3) is 48.7. The first-order valence-corrected chi connectivity index (χ1v) is 38.1. The molecule has 0 fully saturated rings. The number of carboxylic acids is 2. The number of benzene rings is 12. The second-order valence-electron chi connectivity index (χ2n) is 23.6. The number of carboxylic acid groups (broad SMARTS) is 2. The van der Waals surface area contributed by atoms with Crippen LogP contribution in [0.5, 0.6) is 69.0 Å². The summed E-state index contributed by atoms with van der Waals surface area (Å²) in [5.74, 6) is 6.48. The van der Waals surface area contributed by atoms with Gasteiger partial charge in [-0.2, -0.15) is 0 Å². The van der Waals surface area contributed by atoms with Gasteiger partial charge in [0.25, 0.3) is 0 Å². The Hall–Kier alpha value is -12.7. The predicted octanol–water partition coefficient (Wildman–Crippen LogP) is 22.7. The molecule has 0 aliphatic rings. The first-order valence-electron chi connectivity index (χ1n) is 37.0. The predicted molar refractivity (Wildman–Crippen MR) is 494 cm³/mol.